The van der Waals surface area contributed by atoms with Gasteiger partial charge < -0.3 is 8.98 Å². The number of furan rings is 1. The zero-order valence-electron chi connectivity index (χ0n) is 24.3. The van der Waals surface area contributed by atoms with Crippen LogP contribution >= 0.6 is 15.9 Å². The van der Waals surface area contributed by atoms with E-state index in [4.69, 9.17) is 14.4 Å². The summed E-state index contributed by atoms with van der Waals surface area (Å²) >= 11 is 3.53. The van der Waals surface area contributed by atoms with Gasteiger partial charge in [0.1, 0.15) is 22.6 Å². The number of benzene rings is 3. The molecule has 0 aliphatic rings. The van der Waals surface area contributed by atoms with Gasteiger partial charge in [-0.15, -0.1) is 0 Å². The highest BCUT2D eigenvalue weighted by Crippen LogP contribution is 2.42. The average Bonchev–Trinajstić information content (AvgIpc) is 3.55. The predicted molar refractivity (Wildman–Crippen MR) is 174 cm³/mol. The van der Waals surface area contributed by atoms with Crippen LogP contribution in [0, 0.1) is 0 Å². The number of aldehydes is 1. The number of nitrogens with zero attached hydrogens (tertiary/aromatic N) is 3. The first kappa shape index (κ1) is 31.5. The van der Waals surface area contributed by atoms with Crippen LogP contribution in [-0.2, 0) is 23.0 Å². The number of sulfonamides is 1. The first-order chi connectivity index (χ1) is 22.0. The molecule has 0 aliphatic carbocycles. The molecule has 0 fully saturated rings. The smallest absolute Gasteiger partial charge is 0.455 e. The zero-order chi connectivity index (χ0) is 32.6. The van der Waals surface area contributed by atoms with Crippen molar-refractivity contribution in [1.29, 1.82) is 0 Å². The third-order valence-corrected chi connectivity index (χ3v) is 9.42. The Balaban J connectivity index is 1.41. The molecule has 6 aromatic rings. The van der Waals surface area contributed by atoms with E-state index in [1.807, 2.05) is 53.1 Å². The van der Waals surface area contributed by atoms with Crippen LogP contribution in [0.15, 0.2) is 87.8 Å². The molecule has 0 spiro atoms. The van der Waals surface area contributed by atoms with Crippen LogP contribution in [0.3, 0.4) is 0 Å². The van der Waals surface area contributed by atoms with Crippen LogP contribution in [-0.4, -0.2) is 34.7 Å². The summed E-state index contributed by atoms with van der Waals surface area (Å²) in [6, 6.07) is 22.6. The summed E-state index contributed by atoms with van der Waals surface area (Å²) in [4.78, 5) is 21.8. The molecule has 46 heavy (non-hydrogen) atoms. The number of pyridine rings is 1. The first-order valence-corrected chi connectivity index (χ1v) is 16.6. The summed E-state index contributed by atoms with van der Waals surface area (Å²) in [6.07, 6.45) is 3.31. The minimum absolute atomic E-state index is 0.127. The average molecular weight is 712 g/mol. The van der Waals surface area contributed by atoms with Gasteiger partial charge in [0, 0.05) is 22.9 Å². The van der Waals surface area contributed by atoms with Gasteiger partial charge in [-0.1, -0.05) is 61.9 Å². The quantitative estimate of drug-likeness (QED) is 0.143. The second kappa shape index (κ2) is 12.4. The number of carbonyl (C=O) groups is 1. The van der Waals surface area contributed by atoms with E-state index in [-0.39, 0.29) is 17.0 Å². The Kier molecular flexibility index (Phi) is 8.47. The van der Waals surface area contributed by atoms with Gasteiger partial charge in [-0.05, 0) is 63.8 Å². The van der Waals surface area contributed by atoms with E-state index in [0.29, 0.717) is 50.8 Å². The number of imidazole rings is 1. The number of halogens is 4. The fourth-order valence-electron chi connectivity index (χ4n) is 5.28. The molecule has 3 aromatic heterocycles. The fraction of sp³-hybridized carbons (Fsp3) is 0.182. The van der Waals surface area contributed by atoms with E-state index in [1.54, 1.807) is 16.9 Å². The van der Waals surface area contributed by atoms with Crippen molar-refractivity contribution < 1.29 is 30.8 Å². The second-order valence-electron chi connectivity index (χ2n) is 10.6. The van der Waals surface area contributed by atoms with Gasteiger partial charge in [0.25, 0.3) is 0 Å². The summed E-state index contributed by atoms with van der Waals surface area (Å²) < 4.78 is 73.2. The normalized spacial score (nSPS) is 12.2. The van der Waals surface area contributed by atoms with Gasteiger partial charge in [0.15, 0.2) is 17.7 Å². The Bertz CT molecular complexity index is 2200. The van der Waals surface area contributed by atoms with Gasteiger partial charge >= 0.3 is 15.5 Å². The van der Waals surface area contributed by atoms with E-state index in [0.717, 1.165) is 36.1 Å². The molecule has 0 saturated carbocycles. The molecule has 3 heterocycles. The molecule has 0 aliphatic heterocycles. The molecule has 0 atom stereocenters. The highest BCUT2D eigenvalue weighted by atomic mass is 79.9. The van der Waals surface area contributed by atoms with Crippen molar-refractivity contribution in [3.8, 4) is 22.5 Å². The summed E-state index contributed by atoms with van der Waals surface area (Å²) in [7, 11) is -5.66. The Morgan fingerprint density at radius 2 is 1.72 bits per heavy atom. The Hall–Kier alpha value is -4.49. The Morgan fingerprint density at radius 1 is 0.978 bits per heavy atom. The number of anilines is 1. The number of aryl methyl sites for hydroxylation is 1. The van der Waals surface area contributed by atoms with E-state index in [1.165, 1.54) is 18.2 Å². The van der Waals surface area contributed by atoms with Crippen LogP contribution in [0.25, 0.3) is 44.6 Å². The van der Waals surface area contributed by atoms with Crippen LogP contribution in [0.1, 0.15) is 41.6 Å². The maximum Gasteiger partial charge on any atom is 0.516 e. The lowest BCUT2D eigenvalue weighted by Gasteiger charge is -2.13. The summed E-state index contributed by atoms with van der Waals surface area (Å²) in [5.74, 6) is 0.986. The highest BCUT2D eigenvalue weighted by Gasteiger charge is 2.46. The first-order valence-electron chi connectivity index (χ1n) is 14.3. The lowest BCUT2D eigenvalue weighted by molar-refractivity contribution is -0.0429. The number of hydrogen-bond donors (Lipinski definition) is 1. The van der Waals surface area contributed by atoms with Crippen LogP contribution in [0.4, 0.5) is 18.9 Å². The van der Waals surface area contributed by atoms with Crippen molar-refractivity contribution in [1.82, 2.24) is 14.5 Å². The van der Waals surface area contributed by atoms with Gasteiger partial charge in [-0.25, -0.2) is 9.97 Å². The largest absolute Gasteiger partial charge is 0.516 e. The fourth-order valence-corrected chi connectivity index (χ4v) is 6.47. The molecule has 1 N–H and O–H groups in total. The van der Waals surface area contributed by atoms with Crippen molar-refractivity contribution in [2.24, 2.45) is 0 Å². The number of carbonyl (C=O) groups excluding carboxylic acids is 1. The van der Waals surface area contributed by atoms with Crippen LogP contribution < -0.4 is 4.72 Å². The van der Waals surface area contributed by atoms with E-state index in [9.17, 15) is 26.4 Å². The summed E-state index contributed by atoms with van der Waals surface area (Å²) in [5.41, 5.74) is -1.24. The number of para-hydroxylation sites is 1. The third kappa shape index (κ3) is 5.92. The van der Waals surface area contributed by atoms with Gasteiger partial charge in [-0.2, -0.15) is 21.6 Å². The summed E-state index contributed by atoms with van der Waals surface area (Å²) in [5, 5.41) is 0.633. The molecule has 8 nitrogen and oxygen atoms in total. The second-order valence-corrected chi connectivity index (χ2v) is 13.1. The number of fused-ring (bicyclic) bond motifs is 2. The number of nitrogens with one attached hydrogen (secondary N) is 1. The van der Waals surface area contributed by atoms with Crippen molar-refractivity contribution in [2.45, 2.75) is 38.2 Å². The predicted octanol–water partition coefficient (Wildman–Crippen LogP) is 8.74. The minimum atomic E-state index is -5.66. The molecular formula is C33H26BrF3N4O4S. The van der Waals surface area contributed by atoms with Gasteiger partial charge in [0.2, 0.25) is 0 Å². The number of unbranched alkanes of at least 4 members (excludes halogenated alkanes) is 1. The van der Waals surface area contributed by atoms with Gasteiger partial charge in [-0.3, -0.25) is 9.52 Å². The van der Waals surface area contributed by atoms with Crippen molar-refractivity contribution in [3.05, 3.63) is 100 Å². The number of alkyl halides is 3. The molecule has 6 rings (SSSR count). The van der Waals surface area contributed by atoms with Crippen LogP contribution in [0.5, 0.6) is 0 Å². The number of aromatic nitrogens is 3. The molecule has 0 bridgehead atoms. The molecule has 0 amide bonds. The maximum absolute atomic E-state index is 13.1. The van der Waals surface area contributed by atoms with E-state index >= 15 is 0 Å². The van der Waals surface area contributed by atoms with E-state index in [2.05, 4.69) is 22.9 Å². The molecule has 0 saturated heterocycles. The third-order valence-electron chi connectivity index (χ3n) is 7.53. The topological polar surface area (TPSA) is 107 Å². The molecule has 13 heteroatoms. The van der Waals surface area contributed by atoms with Gasteiger partial charge in [0.05, 0.1) is 16.7 Å². The van der Waals surface area contributed by atoms with Crippen LogP contribution in [0.2, 0.25) is 0 Å². The number of hydrogen-bond acceptors (Lipinski definition) is 6. The van der Waals surface area contributed by atoms with E-state index < -0.39 is 15.5 Å². The number of rotatable bonds is 10. The lowest BCUT2D eigenvalue weighted by Crippen LogP contribution is -2.30. The molecule has 3 aromatic carbocycles. The lowest BCUT2D eigenvalue weighted by atomic mass is 10.0. The Labute approximate surface area is 270 Å². The molecule has 0 radical (unpaired) electrons. The molecule has 0 unspecified atom stereocenters. The summed E-state index contributed by atoms with van der Waals surface area (Å²) in [6.45, 7) is 2.47. The highest BCUT2D eigenvalue weighted by molar-refractivity contribution is 9.10. The molecular weight excluding hydrogens is 685 g/mol. The van der Waals surface area contributed by atoms with Crippen molar-refractivity contribution in [3.63, 3.8) is 0 Å². The molecule has 236 valence electrons. The maximum atomic E-state index is 13.1. The Morgan fingerprint density at radius 3 is 2.43 bits per heavy atom. The van der Waals surface area contributed by atoms with Crippen molar-refractivity contribution >= 4 is 60.1 Å². The standard InChI is InChI=1S/C33H26BrF3N4O4S/c1-2-3-13-29-38-26-17-23(21-9-5-4-6-10-21)27(19-42)39-32(26)41(29)18-20-14-15-28-24(16-20)30(34)31(45-28)22-11-7-8-12-25(22)40-46(43,44)33(35,36)37/h4-12,14-17,19,40H,2-3,13,18H2,1H3. The monoisotopic (exact) mass is 710 g/mol. The minimum Gasteiger partial charge on any atom is -0.455 e. The van der Waals surface area contributed by atoms with Crippen molar-refractivity contribution in [2.75, 3.05) is 4.72 Å². The SMILES string of the molecule is CCCCc1nc2cc(-c3ccccc3)c(C=O)nc2n1Cc1ccc2oc(-c3ccccc3NS(=O)(=O)C(F)(F)F)c(Br)c2c1. The zero-order valence-corrected chi connectivity index (χ0v) is 26.7.